The van der Waals surface area contributed by atoms with Crippen LogP contribution in [0.2, 0.25) is 0 Å². The predicted molar refractivity (Wildman–Crippen MR) is 111 cm³/mol. The summed E-state index contributed by atoms with van der Waals surface area (Å²) in [7, 11) is 0. The first-order chi connectivity index (χ1) is 13.5. The van der Waals surface area contributed by atoms with Crippen LogP contribution in [0.5, 0.6) is 0 Å². The van der Waals surface area contributed by atoms with Crippen LogP contribution in [-0.2, 0) is 22.5 Å². The number of thiophene rings is 1. The van der Waals surface area contributed by atoms with Gasteiger partial charge in [-0.3, -0.25) is 14.2 Å². The second-order valence-corrected chi connectivity index (χ2v) is 8.81. The molecule has 0 bridgehead atoms. The lowest BCUT2D eigenvalue weighted by Gasteiger charge is -2.16. The van der Waals surface area contributed by atoms with E-state index in [0.717, 1.165) is 41.1 Å². The molecule has 0 aromatic carbocycles. The van der Waals surface area contributed by atoms with E-state index in [-0.39, 0.29) is 29.7 Å². The summed E-state index contributed by atoms with van der Waals surface area (Å²) in [6.07, 6.45) is 2.99. The highest BCUT2D eigenvalue weighted by Crippen LogP contribution is 2.30. The van der Waals surface area contributed by atoms with Crippen LogP contribution in [0.25, 0.3) is 10.2 Å². The van der Waals surface area contributed by atoms with Crippen LogP contribution in [0.4, 0.5) is 0 Å². The summed E-state index contributed by atoms with van der Waals surface area (Å²) in [4.78, 5) is 31.9. The number of ether oxygens (including phenoxy) is 1. The summed E-state index contributed by atoms with van der Waals surface area (Å²) in [5.41, 5.74) is 1.01. The van der Waals surface area contributed by atoms with E-state index in [1.54, 1.807) is 4.57 Å². The number of carbonyl (C=O) groups excluding carboxylic acids is 1. The van der Waals surface area contributed by atoms with E-state index < -0.39 is 0 Å². The molecule has 0 radical (unpaired) electrons. The van der Waals surface area contributed by atoms with Crippen LogP contribution in [0.1, 0.15) is 36.6 Å². The summed E-state index contributed by atoms with van der Waals surface area (Å²) < 4.78 is 7.41. The van der Waals surface area contributed by atoms with Crippen molar-refractivity contribution in [1.29, 1.82) is 5.26 Å². The third-order valence-corrected chi connectivity index (χ3v) is 6.75. The van der Waals surface area contributed by atoms with Gasteiger partial charge in [-0.15, -0.1) is 11.3 Å². The smallest absolute Gasteiger partial charge is 0.263 e. The van der Waals surface area contributed by atoms with Gasteiger partial charge in [-0.05, 0) is 31.7 Å². The van der Waals surface area contributed by atoms with E-state index in [0.29, 0.717) is 23.6 Å². The average molecular weight is 421 g/mol. The minimum Gasteiger partial charge on any atom is -0.376 e. The van der Waals surface area contributed by atoms with Crippen LogP contribution < -0.4 is 10.9 Å². The van der Waals surface area contributed by atoms with Crippen molar-refractivity contribution < 1.29 is 9.53 Å². The number of fused-ring (bicyclic) bond motifs is 1. The van der Waals surface area contributed by atoms with Crippen LogP contribution in [-0.4, -0.2) is 40.5 Å². The Balaban J connectivity index is 1.91. The highest BCUT2D eigenvalue weighted by atomic mass is 32.2. The van der Waals surface area contributed by atoms with Gasteiger partial charge in [-0.2, -0.15) is 5.26 Å². The fourth-order valence-corrected chi connectivity index (χ4v) is 5.35. The number of hydrogen-bond donors (Lipinski definition) is 1. The Morgan fingerprint density at radius 2 is 2.36 bits per heavy atom. The van der Waals surface area contributed by atoms with Gasteiger partial charge in [0.05, 0.1) is 36.3 Å². The van der Waals surface area contributed by atoms with Crippen molar-refractivity contribution in [2.75, 3.05) is 18.9 Å². The Labute approximate surface area is 172 Å². The molecule has 1 fully saturated rings. The summed E-state index contributed by atoms with van der Waals surface area (Å²) >= 11 is 2.78. The number of amides is 1. The standard InChI is InChI=1S/C19H24N4O3S2/c1-3-14-12(2)28-17-16(14)18(25)23(10-13-6-4-9-26-13)19(22-17)27-11-15(24)21-8-5-7-20/h13H,3-6,8-11H2,1-2H3,(H,21,24). The van der Waals surface area contributed by atoms with Crippen LogP contribution >= 0.6 is 23.1 Å². The van der Waals surface area contributed by atoms with Gasteiger partial charge in [-0.25, -0.2) is 4.98 Å². The maximum atomic E-state index is 13.3. The number of nitrogens with zero attached hydrogens (tertiary/aromatic N) is 3. The molecule has 2 aromatic rings. The Morgan fingerprint density at radius 3 is 3.04 bits per heavy atom. The fourth-order valence-electron chi connectivity index (χ4n) is 3.36. The number of nitrogens with one attached hydrogen (secondary N) is 1. The summed E-state index contributed by atoms with van der Waals surface area (Å²) in [5, 5.41) is 12.5. The normalized spacial score (nSPS) is 16.4. The quantitative estimate of drug-likeness (QED) is 0.401. The van der Waals surface area contributed by atoms with E-state index in [4.69, 9.17) is 15.0 Å². The fraction of sp³-hybridized carbons (Fsp3) is 0.579. The van der Waals surface area contributed by atoms with E-state index in [1.807, 2.05) is 19.9 Å². The molecule has 1 unspecified atom stereocenters. The third-order valence-electron chi connectivity index (χ3n) is 4.73. The molecular weight excluding hydrogens is 396 g/mol. The number of nitriles is 1. The minimum atomic E-state index is -0.171. The number of carbonyl (C=O) groups is 1. The monoisotopic (exact) mass is 420 g/mol. The Bertz CT molecular complexity index is 955. The highest BCUT2D eigenvalue weighted by molar-refractivity contribution is 7.99. The Hall–Kier alpha value is -1.89. The van der Waals surface area contributed by atoms with Gasteiger partial charge >= 0.3 is 0 Å². The van der Waals surface area contributed by atoms with Crippen LogP contribution in [0, 0.1) is 18.3 Å². The van der Waals surface area contributed by atoms with Crippen LogP contribution in [0.15, 0.2) is 9.95 Å². The van der Waals surface area contributed by atoms with Crippen molar-refractivity contribution >= 4 is 39.2 Å². The molecule has 3 heterocycles. The van der Waals surface area contributed by atoms with E-state index in [1.165, 1.54) is 23.1 Å². The van der Waals surface area contributed by atoms with Crippen molar-refractivity contribution in [3.05, 3.63) is 20.8 Å². The molecule has 1 aliphatic heterocycles. The highest BCUT2D eigenvalue weighted by Gasteiger charge is 2.23. The van der Waals surface area contributed by atoms with E-state index >= 15 is 0 Å². The molecule has 0 aliphatic carbocycles. The van der Waals surface area contributed by atoms with Crippen molar-refractivity contribution in [2.45, 2.75) is 57.3 Å². The topological polar surface area (TPSA) is 97.0 Å². The molecule has 2 aromatic heterocycles. The molecular formula is C19H24N4O3S2. The first kappa shape index (κ1) is 20.8. The van der Waals surface area contributed by atoms with Gasteiger partial charge in [0, 0.05) is 18.0 Å². The van der Waals surface area contributed by atoms with Gasteiger partial charge in [-0.1, -0.05) is 18.7 Å². The number of rotatable bonds is 8. The lowest BCUT2D eigenvalue weighted by Crippen LogP contribution is -2.30. The zero-order valence-electron chi connectivity index (χ0n) is 16.1. The molecule has 0 spiro atoms. The summed E-state index contributed by atoms with van der Waals surface area (Å²) in [5.74, 6) is -0.0187. The maximum absolute atomic E-state index is 13.3. The van der Waals surface area contributed by atoms with Gasteiger partial charge in [0.15, 0.2) is 5.16 Å². The molecule has 1 amide bonds. The van der Waals surface area contributed by atoms with E-state index in [2.05, 4.69) is 5.32 Å². The Kier molecular flexibility index (Phi) is 7.10. The Morgan fingerprint density at radius 1 is 1.54 bits per heavy atom. The lowest BCUT2D eigenvalue weighted by molar-refractivity contribution is -0.118. The molecule has 1 atom stereocenters. The molecule has 1 N–H and O–H groups in total. The van der Waals surface area contributed by atoms with Gasteiger partial charge in [0.1, 0.15) is 4.83 Å². The zero-order chi connectivity index (χ0) is 20.1. The zero-order valence-corrected chi connectivity index (χ0v) is 17.8. The molecule has 28 heavy (non-hydrogen) atoms. The molecule has 3 rings (SSSR count). The second kappa shape index (κ2) is 9.54. The third kappa shape index (κ3) is 4.57. The largest absolute Gasteiger partial charge is 0.376 e. The summed E-state index contributed by atoms with van der Waals surface area (Å²) in [6.45, 7) is 5.57. The molecule has 9 heteroatoms. The maximum Gasteiger partial charge on any atom is 0.263 e. The van der Waals surface area contributed by atoms with Crippen molar-refractivity contribution in [2.24, 2.45) is 0 Å². The van der Waals surface area contributed by atoms with Crippen molar-refractivity contribution in [3.63, 3.8) is 0 Å². The van der Waals surface area contributed by atoms with Crippen molar-refractivity contribution in [1.82, 2.24) is 14.9 Å². The first-order valence-corrected chi connectivity index (χ1v) is 11.3. The molecule has 0 saturated carbocycles. The van der Waals surface area contributed by atoms with E-state index in [9.17, 15) is 9.59 Å². The minimum absolute atomic E-state index is 0.00515. The number of aromatic nitrogens is 2. The van der Waals surface area contributed by atoms with Crippen LogP contribution in [0.3, 0.4) is 0 Å². The molecule has 1 saturated heterocycles. The second-order valence-electron chi connectivity index (χ2n) is 6.66. The van der Waals surface area contributed by atoms with Gasteiger partial charge in [0.2, 0.25) is 5.91 Å². The number of thioether (sulfide) groups is 1. The number of aryl methyl sites for hydroxylation is 2. The average Bonchev–Trinajstić information content (AvgIpc) is 3.29. The molecule has 7 nitrogen and oxygen atoms in total. The molecule has 150 valence electrons. The summed E-state index contributed by atoms with van der Waals surface area (Å²) in [6, 6.07) is 2.00. The predicted octanol–water partition coefficient (Wildman–Crippen LogP) is 2.63. The van der Waals surface area contributed by atoms with Crippen molar-refractivity contribution in [3.8, 4) is 6.07 Å². The SMILES string of the molecule is CCc1c(C)sc2nc(SCC(=O)NCCC#N)n(CC3CCCO3)c(=O)c12. The van der Waals surface area contributed by atoms with Gasteiger partial charge in [0.25, 0.3) is 5.56 Å². The molecule has 1 aliphatic rings. The lowest BCUT2D eigenvalue weighted by atomic mass is 10.1. The first-order valence-electron chi connectivity index (χ1n) is 9.46. The number of hydrogen-bond acceptors (Lipinski definition) is 7. The van der Waals surface area contributed by atoms with Gasteiger partial charge < -0.3 is 10.1 Å².